The molecule has 0 saturated heterocycles. The number of urea groups is 1. The first-order valence-electron chi connectivity index (χ1n) is 6.02. The second kappa shape index (κ2) is 5.72. The summed E-state index contributed by atoms with van der Waals surface area (Å²) in [6, 6.07) is 1.79. The number of carbonyl (C=O) groups is 1. The summed E-state index contributed by atoms with van der Waals surface area (Å²) in [4.78, 5) is 11.6. The topological polar surface area (TPSA) is 74.5 Å². The number of aryl methyl sites for hydroxylation is 1. The summed E-state index contributed by atoms with van der Waals surface area (Å²) in [5.41, 5.74) is 1.09. The Labute approximate surface area is 100 Å². The second-order valence-electron chi connectivity index (χ2n) is 4.22. The average molecular weight is 238 g/mol. The van der Waals surface area contributed by atoms with E-state index in [0.29, 0.717) is 13.0 Å². The predicted octanol–water partition coefficient (Wildman–Crippen LogP) is 1.34. The lowest BCUT2D eigenvalue weighted by Crippen LogP contribution is -2.39. The van der Waals surface area contributed by atoms with Crippen LogP contribution >= 0.6 is 0 Å². The number of rotatable bonds is 4. The molecule has 1 aliphatic carbocycles. The maximum atomic E-state index is 11.6. The highest BCUT2D eigenvalue weighted by atomic mass is 16.3. The van der Waals surface area contributed by atoms with Gasteiger partial charge in [0, 0.05) is 25.1 Å². The monoisotopic (exact) mass is 238 g/mol. The fourth-order valence-corrected chi connectivity index (χ4v) is 2.13. The van der Waals surface area contributed by atoms with Gasteiger partial charge in [-0.15, -0.1) is 0 Å². The first kappa shape index (κ1) is 12.0. The summed E-state index contributed by atoms with van der Waals surface area (Å²) >= 11 is 0. The van der Waals surface area contributed by atoms with Crippen LogP contribution in [0.4, 0.5) is 4.79 Å². The van der Waals surface area contributed by atoms with Gasteiger partial charge >= 0.3 is 6.03 Å². The lowest BCUT2D eigenvalue weighted by molar-refractivity contribution is 0.232. The average Bonchev–Trinajstić information content (AvgIpc) is 2.78. The summed E-state index contributed by atoms with van der Waals surface area (Å²) in [6.45, 7) is 0.586. The van der Waals surface area contributed by atoms with Crippen LogP contribution in [0.1, 0.15) is 36.6 Å². The zero-order chi connectivity index (χ0) is 12.1. The summed E-state index contributed by atoms with van der Waals surface area (Å²) < 4.78 is 5.36. The van der Waals surface area contributed by atoms with E-state index in [1.807, 2.05) is 6.07 Å². The van der Waals surface area contributed by atoms with Crippen LogP contribution in [0.15, 0.2) is 16.7 Å². The molecule has 3 N–H and O–H groups in total. The van der Waals surface area contributed by atoms with Gasteiger partial charge in [-0.2, -0.15) is 0 Å². The van der Waals surface area contributed by atoms with Crippen molar-refractivity contribution >= 4 is 6.03 Å². The van der Waals surface area contributed by atoms with Crippen LogP contribution in [0, 0.1) is 0 Å². The van der Waals surface area contributed by atoms with Gasteiger partial charge in [-0.25, -0.2) is 4.79 Å². The molecular formula is C12H18N2O3. The van der Waals surface area contributed by atoms with Gasteiger partial charge < -0.3 is 20.2 Å². The van der Waals surface area contributed by atoms with Gasteiger partial charge in [0.2, 0.25) is 0 Å². The number of aliphatic hydroxyl groups excluding tert-OH is 1. The molecule has 0 radical (unpaired) electrons. The van der Waals surface area contributed by atoms with Crippen LogP contribution in [-0.2, 0) is 6.42 Å². The Bertz CT molecular complexity index is 376. The van der Waals surface area contributed by atoms with Crippen molar-refractivity contribution in [2.45, 2.75) is 31.7 Å². The fraction of sp³-hybridized carbons (Fsp3) is 0.583. The van der Waals surface area contributed by atoms with Crippen LogP contribution in [0.5, 0.6) is 0 Å². The van der Waals surface area contributed by atoms with Gasteiger partial charge in [-0.05, 0) is 25.3 Å². The zero-order valence-electron chi connectivity index (χ0n) is 9.74. The molecule has 0 saturated carbocycles. The Morgan fingerprint density at radius 1 is 1.59 bits per heavy atom. The van der Waals surface area contributed by atoms with E-state index in [0.717, 1.165) is 30.6 Å². The van der Waals surface area contributed by atoms with E-state index in [2.05, 4.69) is 10.6 Å². The lowest BCUT2D eigenvalue weighted by atomic mass is 9.93. The van der Waals surface area contributed by atoms with E-state index < -0.39 is 0 Å². The van der Waals surface area contributed by atoms with Crippen molar-refractivity contribution in [3.63, 3.8) is 0 Å². The lowest BCUT2D eigenvalue weighted by Gasteiger charge is -2.22. The van der Waals surface area contributed by atoms with Crippen molar-refractivity contribution in [3.8, 4) is 0 Å². The second-order valence-corrected chi connectivity index (χ2v) is 4.22. The number of furan rings is 1. The largest absolute Gasteiger partial charge is 0.469 e. The molecular weight excluding hydrogens is 220 g/mol. The molecule has 1 atom stereocenters. The van der Waals surface area contributed by atoms with E-state index in [-0.39, 0.29) is 18.7 Å². The smallest absolute Gasteiger partial charge is 0.315 e. The van der Waals surface area contributed by atoms with Crippen molar-refractivity contribution in [3.05, 3.63) is 23.7 Å². The highest BCUT2D eigenvalue weighted by molar-refractivity contribution is 5.74. The molecule has 2 amide bonds. The zero-order valence-corrected chi connectivity index (χ0v) is 9.74. The minimum absolute atomic E-state index is 0.0478. The molecule has 1 heterocycles. The SMILES string of the molecule is O=C(NCCCO)NC1CCCc2occc21. The number of carbonyl (C=O) groups excluding carboxylic acids is 1. The highest BCUT2D eigenvalue weighted by Crippen LogP contribution is 2.30. The number of nitrogens with one attached hydrogen (secondary N) is 2. The molecule has 5 nitrogen and oxygen atoms in total. The van der Waals surface area contributed by atoms with E-state index in [4.69, 9.17) is 9.52 Å². The minimum Gasteiger partial charge on any atom is -0.469 e. The molecule has 2 rings (SSSR count). The van der Waals surface area contributed by atoms with Crippen LogP contribution < -0.4 is 10.6 Å². The third-order valence-electron chi connectivity index (χ3n) is 2.98. The number of amides is 2. The first-order chi connectivity index (χ1) is 8.31. The first-order valence-corrected chi connectivity index (χ1v) is 6.02. The van der Waals surface area contributed by atoms with E-state index in [9.17, 15) is 4.79 Å². The van der Waals surface area contributed by atoms with Crippen molar-refractivity contribution in [2.24, 2.45) is 0 Å². The Morgan fingerprint density at radius 2 is 2.47 bits per heavy atom. The Balaban J connectivity index is 1.86. The van der Waals surface area contributed by atoms with E-state index >= 15 is 0 Å². The quantitative estimate of drug-likeness (QED) is 0.693. The van der Waals surface area contributed by atoms with Crippen LogP contribution in [0.2, 0.25) is 0 Å². The molecule has 0 spiro atoms. The number of hydrogen-bond donors (Lipinski definition) is 3. The Kier molecular flexibility index (Phi) is 4.03. The normalized spacial score (nSPS) is 18.5. The maximum absolute atomic E-state index is 11.6. The number of hydrogen-bond acceptors (Lipinski definition) is 3. The maximum Gasteiger partial charge on any atom is 0.315 e. The van der Waals surface area contributed by atoms with Crippen molar-refractivity contribution in [2.75, 3.05) is 13.2 Å². The molecule has 1 unspecified atom stereocenters. The Morgan fingerprint density at radius 3 is 3.29 bits per heavy atom. The van der Waals surface area contributed by atoms with Gasteiger partial charge in [0.05, 0.1) is 12.3 Å². The summed E-state index contributed by atoms with van der Waals surface area (Å²) in [5, 5.41) is 14.3. The van der Waals surface area contributed by atoms with Crippen molar-refractivity contribution in [1.29, 1.82) is 0 Å². The molecule has 0 bridgehead atoms. The van der Waals surface area contributed by atoms with Gasteiger partial charge in [0.25, 0.3) is 0 Å². The van der Waals surface area contributed by atoms with E-state index in [1.165, 1.54) is 0 Å². The third-order valence-corrected chi connectivity index (χ3v) is 2.98. The minimum atomic E-state index is -0.183. The van der Waals surface area contributed by atoms with Crippen LogP contribution in [-0.4, -0.2) is 24.3 Å². The highest BCUT2D eigenvalue weighted by Gasteiger charge is 2.23. The summed E-state index contributed by atoms with van der Waals surface area (Å²) in [6.07, 6.45) is 5.18. The molecule has 17 heavy (non-hydrogen) atoms. The van der Waals surface area contributed by atoms with Crippen LogP contribution in [0.3, 0.4) is 0 Å². The predicted molar refractivity (Wildman–Crippen MR) is 62.6 cm³/mol. The van der Waals surface area contributed by atoms with Gasteiger partial charge in [-0.1, -0.05) is 0 Å². The molecule has 5 heteroatoms. The number of aliphatic hydroxyl groups is 1. The third kappa shape index (κ3) is 3.00. The summed E-state index contributed by atoms with van der Waals surface area (Å²) in [7, 11) is 0. The van der Waals surface area contributed by atoms with Crippen molar-refractivity contribution < 1.29 is 14.3 Å². The molecule has 1 aromatic heterocycles. The Hall–Kier alpha value is -1.49. The summed E-state index contributed by atoms with van der Waals surface area (Å²) in [5.74, 6) is 0.983. The molecule has 94 valence electrons. The van der Waals surface area contributed by atoms with Crippen LogP contribution in [0.25, 0.3) is 0 Å². The van der Waals surface area contributed by atoms with E-state index in [1.54, 1.807) is 6.26 Å². The molecule has 0 aliphatic heterocycles. The van der Waals surface area contributed by atoms with Gasteiger partial charge in [-0.3, -0.25) is 0 Å². The number of fused-ring (bicyclic) bond motifs is 1. The molecule has 1 aromatic rings. The standard InChI is InChI=1S/C12H18N2O3/c15-7-2-6-13-12(16)14-10-3-1-4-11-9(10)5-8-17-11/h5,8,10,15H,1-4,6-7H2,(H2,13,14,16). The molecule has 1 aliphatic rings. The van der Waals surface area contributed by atoms with Gasteiger partial charge in [0.1, 0.15) is 5.76 Å². The molecule has 0 fully saturated rings. The van der Waals surface area contributed by atoms with Gasteiger partial charge in [0.15, 0.2) is 0 Å². The van der Waals surface area contributed by atoms with Crippen molar-refractivity contribution in [1.82, 2.24) is 10.6 Å². The fourth-order valence-electron chi connectivity index (χ4n) is 2.13. The molecule has 0 aromatic carbocycles.